The van der Waals surface area contributed by atoms with Crippen LogP contribution in [0.5, 0.6) is 0 Å². The number of benzene rings is 6. The van der Waals surface area contributed by atoms with Crippen LogP contribution in [0.3, 0.4) is 0 Å². The van der Waals surface area contributed by atoms with E-state index in [4.69, 9.17) is 0 Å². The third-order valence-electron chi connectivity index (χ3n) is 9.30. The van der Waals surface area contributed by atoms with Gasteiger partial charge in [-0.3, -0.25) is 0 Å². The number of hydrogen-bond acceptors (Lipinski definition) is 0. The van der Waals surface area contributed by atoms with Crippen molar-refractivity contribution in [2.75, 3.05) is 0 Å². The monoisotopic (exact) mass is 590 g/mol. The van der Waals surface area contributed by atoms with Gasteiger partial charge in [0.15, 0.2) is 0 Å². The first-order valence-corrected chi connectivity index (χ1v) is 15.3. The second-order valence-electron chi connectivity index (χ2n) is 12.0. The molecule has 0 aromatic heterocycles. The third-order valence-corrected chi connectivity index (χ3v) is 9.30. The van der Waals surface area contributed by atoms with Gasteiger partial charge in [-0.05, 0) is 109 Å². The fourth-order valence-corrected chi connectivity index (χ4v) is 7.17. The first-order valence-electron chi connectivity index (χ1n) is 15.3. The standard InChI is InChI=1S/C42H29F3/c1-26-17-19-27(20-18-26)28-21-22-37-39(24-28)40(30-10-8-11-31(23-30)42(43,44)45)35-15-6-7-16-36(35)41(37)38-25-29-9-2-3-12-32(29)33-13-4-5-14-34(33)38/h2-12,14-25,33H,13H2,1H3. The molecule has 0 aliphatic heterocycles. The number of allylic oxidation sites excluding steroid dienone is 5. The molecule has 0 spiro atoms. The number of halogens is 3. The molecule has 0 saturated heterocycles. The number of fused-ring (bicyclic) bond motifs is 5. The van der Waals surface area contributed by atoms with E-state index in [9.17, 15) is 13.2 Å². The molecule has 0 N–H and O–H groups in total. The van der Waals surface area contributed by atoms with Crippen molar-refractivity contribution >= 4 is 33.2 Å². The molecule has 0 fully saturated rings. The van der Waals surface area contributed by atoms with E-state index in [1.54, 1.807) is 6.07 Å². The summed E-state index contributed by atoms with van der Waals surface area (Å²) < 4.78 is 42.0. The summed E-state index contributed by atoms with van der Waals surface area (Å²) in [6, 6.07) is 37.4. The molecule has 0 bridgehead atoms. The molecule has 6 aromatic rings. The predicted octanol–water partition coefficient (Wildman–Crippen LogP) is 12.2. The maximum absolute atomic E-state index is 14.0. The van der Waals surface area contributed by atoms with Crippen molar-refractivity contribution in [3.8, 4) is 22.3 Å². The third kappa shape index (κ3) is 4.62. The van der Waals surface area contributed by atoms with Gasteiger partial charge in [-0.15, -0.1) is 0 Å². The van der Waals surface area contributed by atoms with E-state index in [1.807, 2.05) is 12.1 Å². The zero-order valence-corrected chi connectivity index (χ0v) is 24.7. The second-order valence-corrected chi connectivity index (χ2v) is 12.0. The number of alkyl halides is 3. The Morgan fingerprint density at radius 2 is 1.33 bits per heavy atom. The Morgan fingerprint density at radius 3 is 2.13 bits per heavy atom. The molecule has 8 rings (SSSR count). The van der Waals surface area contributed by atoms with Crippen LogP contribution in [-0.2, 0) is 6.18 Å². The SMILES string of the molecule is Cc1ccc(-c2ccc3c(C4=Cc5ccccc5C5CC=CC=C45)c4ccccc4c(-c4cccc(C(F)(F)F)c4)c3c2)cc1. The smallest absolute Gasteiger partial charge is 0.166 e. The van der Waals surface area contributed by atoms with Gasteiger partial charge in [0.05, 0.1) is 5.56 Å². The summed E-state index contributed by atoms with van der Waals surface area (Å²) in [6.07, 6.45) is 5.40. The maximum atomic E-state index is 14.0. The van der Waals surface area contributed by atoms with Crippen LogP contribution in [0.4, 0.5) is 13.2 Å². The fourth-order valence-electron chi connectivity index (χ4n) is 7.17. The minimum atomic E-state index is -4.44. The van der Waals surface area contributed by atoms with Crippen molar-refractivity contribution in [3.05, 3.63) is 167 Å². The first-order chi connectivity index (χ1) is 21.9. The molecule has 0 heterocycles. The number of rotatable bonds is 3. The average molecular weight is 591 g/mol. The summed E-state index contributed by atoms with van der Waals surface area (Å²) in [6.45, 7) is 2.06. The summed E-state index contributed by atoms with van der Waals surface area (Å²) >= 11 is 0. The lowest BCUT2D eigenvalue weighted by Crippen LogP contribution is -2.12. The van der Waals surface area contributed by atoms with Crippen molar-refractivity contribution in [1.29, 1.82) is 0 Å². The van der Waals surface area contributed by atoms with Crippen molar-refractivity contribution < 1.29 is 13.2 Å². The summed E-state index contributed by atoms with van der Waals surface area (Å²) in [5.41, 5.74) is 10.1. The molecule has 6 aromatic carbocycles. The quantitative estimate of drug-likeness (QED) is 0.180. The molecule has 1 unspecified atom stereocenters. The lowest BCUT2D eigenvalue weighted by atomic mass is 9.72. The maximum Gasteiger partial charge on any atom is 0.416 e. The molecule has 218 valence electrons. The van der Waals surface area contributed by atoms with E-state index < -0.39 is 11.7 Å². The molecule has 3 heteroatoms. The summed E-state index contributed by atoms with van der Waals surface area (Å²) in [5, 5.41) is 3.92. The van der Waals surface area contributed by atoms with Crippen LogP contribution in [0.15, 0.2) is 139 Å². The van der Waals surface area contributed by atoms with Crippen LogP contribution in [-0.4, -0.2) is 0 Å². The first kappa shape index (κ1) is 27.4. The highest BCUT2D eigenvalue weighted by Gasteiger charge is 2.32. The van der Waals surface area contributed by atoms with Gasteiger partial charge in [-0.1, -0.05) is 121 Å². The van der Waals surface area contributed by atoms with Crippen molar-refractivity contribution in [3.63, 3.8) is 0 Å². The largest absolute Gasteiger partial charge is 0.416 e. The number of hydrogen-bond donors (Lipinski definition) is 0. The van der Waals surface area contributed by atoms with E-state index in [1.165, 1.54) is 40.0 Å². The van der Waals surface area contributed by atoms with Gasteiger partial charge >= 0.3 is 6.18 Å². The van der Waals surface area contributed by atoms with Crippen LogP contribution >= 0.6 is 0 Å². The van der Waals surface area contributed by atoms with E-state index in [0.29, 0.717) is 5.56 Å². The van der Waals surface area contributed by atoms with Gasteiger partial charge < -0.3 is 0 Å². The predicted molar refractivity (Wildman–Crippen MR) is 181 cm³/mol. The van der Waals surface area contributed by atoms with Gasteiger partial charge in [-0.2, -0.15) is 13.2 Å². The Bertz CT molecular complexity index is 2230. The lowest BCUT2D eigenvalue weighted by molar-refractivity contribution is -0.137. The second kappa shape index (κ2) is 10.5. The topological polar surface area (TPSA) is 0 Å². The van der Waals surface area contributed by atoms with Crippen molar-refractivity contribution in [2.24, 2.45) is 0 Å². The number of aryl methyl sites for hydroxylation is 1. The highest BCUT2D eigenvalue weighted by molar-refractivity contribution is 6.22. The van der Waals surface area contributed by atoms with E-state index in [2.05, 4.69) is 110 Å². The molecule has 1 atom stereocenters. The Hall–Kier alpha value is -5.15. The molecule has 0 saturated carbocycles. The Labute approximate surface area is 260 Å². The van der Waals surface area contributed by atoms with Crippen LogP contribution in [0.2, 0.25) is 0 Å². The van der Waals surface area contributed by atoms with Crippen molar-refractivity contribution in [1.82, 2.24) is 0 Å². The minimum Gasteiger partial charge on any atom is -0.166 e. The van der Waals surface area contributed by atoms with Gasteiger partial charge in [-0.25, -0.2) is 0 Å². The summed E-state index contributed by atoms with van der Waals surface area (Å²) in [7, 11) is 0. The molecule has 0 nitrogen and oxygen atoms in total. The van der Waals surface area contributed by atoms with Gasteiger partial charge in [0.1, 0.15) is 0 Å². The van der Waals surface area contributed by atoms with E-state index >= 15 is 0 Å². The van der Waals surface area contributed by atoms with E-state index in [-0.39, 0.29) is 5.92 Å². The molecule has 0 amide bonds. The average Bonchev–Trinajstić information content (AvgIpc) is 3.06. The zero-order valence-electron chi connectivity index (χ0n) is 24.7. The summed E-state index contributed by atoms with van der Waals surface area (Å²) in [5.74, 6) is 0.245. The van der Waals surface area contributed by atoms with Crippen LogP contribution < -0.4 is 0 Å². The molecule has 0 radical (unpaired) electrons. The van der Waals surface area contributed by atoms with Crippen LogP contribution in [0.1, 0.15) is 40.2 Å². The van der Waals surface area contributed by atoms with Crippen LogP contribution in [0.25, 0.3) is 55.4 Å². The van der Waals surface area contributed by atoms with Crippen molar-refractivity contribution in [2.45, 2.75) is 25.4 Å². The highest BCUT2D eigenvalue weighted by Crippen LogP contribution is 2.51. The summed E-state index contributed by atoms with van der Waals surface area (Å²) in [4.78, 5) is 0. The van der Waals surface area contributed by atoms with Gasteiger partial charge in [0.2, 0.25) is 0 Å². The van der Waals surface area contributed by atoms with Gasteiger partial charge in [0.25, 0.3) is 0 Å². The molecule has 2 aliphatic rings. The Kier molecular flexibility index (Phi) is 6.39. The zero-order chi connectivity index (χ0) is 30.7. The molecule has 2 aliphatic carbocycles. The molecular formula is C42H29F3. The molecular weight excluding hydrogens is 561 g/mol. The fraction of sp³-hybridized carbons (Fsp3) is 0.0952. The normalized spacial score (nSPS) is 15.9. The lowest BCUT2D eigenvalue weighted by Gasteiger charge is -2.31. The highest BCUT2D eigenvalue weighted by atomic mass is 19.4. The Balaban J connectivity index is 1.50. The van der Waals surface area contributed by atoms with Gasteiger partial charge in [0, 0.05) is 5.92 Å². The molecule has 45 heavy (non-hydrogen) atoms. The van der Waals surface area contributed by atoms with E-state index in [0.717, 1.165) is 56.3 Å². The Morgan fingerprint density at radius 1 is 0.622 bits per heavy atom. The van der Waals surface area contributed by atoms with Crippen LogP contribution in [0, 0.1) is 6.92 Å². The minimum absolute atomic E-state index is 0.245.